The molecular formula is C16H17NO2S. The van der Waals surface area contributed by atoms with Crippen molar-refractivity contribution in [3.63, 3.8) is 0 Å². The molecule has 1 aromatic heterocycles. The van der Waals surface area contributed by atoms with Crippen LogP contribution in [0.2, 0.25) is 0 Å². The minimum absolute atomic E-state index is 0.191. The zero-order valence-corrected chi connectivity index (χ0v) is 11.8. The Bertz CT molecular complexity index is 549. The van der Waals surface area contributed by atoms with Gasteiger partial charge in [-0.1, -0.05) is 30.3 Å². The van der Waals surface area contributed by atoms with Gasteiger partial charge in [-0.05, 0) is 34.0 Å². The van der Waals surface area contributed by atoms with Crippen molar-refractivity contribution in [2.75, 3.05) is 6.54 Å². The van der Waals surface area contributed by atoms with E-state index < -0.39 is 6.10 Å². The van der Waals surface area contributed by atoms with E-state index in [1.54, 1.807) is 17.4 Å². The summed E-state index contributed by atoms with van der Waals surface area (Å²) in [7, 11) is 0. The fourth-order valence-corrected chi connectivity index (χ4v) is 2.41. The van der Waals surface area contributed by atoms with Gasteiger partial charge in [0.15, 0.2) is 0 Å². The van der Waals surface area contributed by atoms with Crippen LogP contribution >= 0.6 is 11.3 Å². The van der Waals surface area contributed by atoms with E-state index in [0.29, 0.717) is 6.42 Å². The van der Waals surface area contributed by atoms with Crippen LogP contribution in [-0.2, 0) is 11.2 Å². The Hall–Kier alpha value is -1.91. The van der Waals surface area contributed by atoms with Crippen molar-refractivity contribution < 1.29 is 9.90 Å². The summed E-state index contributed by atoms with van der Waals surface area (Å²) in [5.41, 5.74) is 2.07. The third-order valence-electron chi connectivity index (χ3n) is 2.80. The Kier molecular flexibility index (Phi) is 5.53. The number of aliphatic hydroxyl groups is 1. The number of carbonyl (C=O) groups is 1. The van der Waals surface area contributed by atoms with Gasteiger partial charge in [0, 0.05) is 19.0 Å². The molecule has 1 heterocycles. The second-order valence-corrected chi connectivity index (χ2v) is 5.26. The fourth-order valence-electron chi connectivity index (χ4n) is 1.78. The molecule has 2 rings (SSSR count). The highest BCUT2D eigenvalue weighted by Crippen LogP contribution is 2.07. The zero-order chi connectivity index (χ0) is 14.2. The largest absolute Gasteiger partial charge is 0.391 e. The number of thiophene rings is 1. The Morgan fingerprint density at radius 3 is 2.80 bits per heavy atom. The van der Waals surface area contributed by atoms with Gasteiger partial charge in [-0.3, -0.25) is 4.79 Å². The van der Waals surface area contributed by atoms with Crippen molar-refractivity contribution in [3.05, 3.63) is 64.4 Å². The third-order valence-corrected chi connectivity index (χ3v) is 3.50. The van der Waals surface area contributed by atoms with Crippen LogP contribution in [0.5, 0.6) is 0 Å². The van der Waals surface area contributed by atoms with Gasteiger partial charge < -0.3 is 10.4 Å². The summed E-state index contributed by atoms with van der Waals surface area (Å²) in [5.74, 6) is -0.191. The molecular weight excluding hydrogens is 270 g/mol. The second kappa shape index (κ2) is 7.62. The summed E-state index contributed by atoms with van der Waals surface area (Å²) in [5, 5.41) is 16.5. The van der Waals surface area contributed by atoms with E-state index in [-0.39, 0.29) is 12.5 Å². The third kappa shape index (κ3) is 4.99. The summed E-state index contributed by atoms with van der Waals surface area (Å²) in [4.78, 5) is 11.6. The van der Waals surface area contributed by atoms with Crippen LogP contribution in [0, 0.1) is 0 Å². The highest BCUT2D eigenvalue weighted by Gasteiger charge is 2.06. The first-order valence-corrected chi connectivity index (χ1v) is 7.38. The lowest BCUT2D eigenvalue weighted by atomic mass is 10.1. The van der Waals surface area contributed by atoms with E-state index in [4.69, 9.17) is 0 Å². The van der Waals surface area contributed by atoms with Gasteiger partial charge in [0.2, 0.25) is 5.91 Å². The molecule has 3 nitrogen and oxygen atoms in total. The molecule has 0 aliphatic rings. The minimum Gasteiger partial charge on any atom is -0.391 e. The quantitative estimate of drug-likeness (QED) is 0.802. The van der Waals surface area contributed by atoms with E-state index >= 15 is 0 Å². The van der Waals surface area contributed by atoms with Crippen LogP contribution in [0.1, 0.15) is 11.1 Å². The predicted octanol–water partition coefficient (Wildman–Crippen LogP) is 2.48. The highest BCUT2D eigenvalue weighted by atomic mass is 32.1. The number of benzene rings is 1. The number of rotatable bonds is 6. The molecule has 2 aromatic rings. The van der Waals surface area contributed by atoms with Gasteiger partial charge in [-0.15, -0.1) is 0 Å². The number of amides is 1. The Morgan fingerprint density at radius 1 is 1.30 bits per heavy atom. The summed E-state index contributed by atoms with van der Waals surface area (Å²) >= 11 is 1.59. The van der Waals surface area contributed by atoms with E-state index in [2.05, 4.69) is 5.32 Å². The van der Waals surface area contributed by atoms with Crippen LogP contribution in [0.25, 0.3) is 6.08 Å². The first kappa shape index (κ1) is 14.5. The van der Waals surface area contributed by atoms with Crippen molar-refractivity contribution in [2.45, 2.75) is 12.5 Å². The van der Waals surface area contributed by atoms with Crippen molar-refractivity contribution in [1.82, 2.24) is 5.32 Å². The van der Waals surface area contributed by atoms with E-state index in [1.807, 2.05) is 47.2 Å². The second-order valence-electron chi connectivity index (χ2n) is 4.48. The molecule has 4 heteroatoms. The van der Waals surface area contributed by atoms with Crippen LogP contribution < -0.4 is 5.32 Å². The van der Waals surface area contributed by atoms with Crippen molar-refractivity contribution >= 4 is 23.3 Å². The van der Waals surface area contributed by atoms with Gasteiger partial charge in [0.25, 0.3) is 0 Å². The molecule has 1 aromatic carbocycles. The van der Waals surface area contributed by atoms with E-state index in [1.165, 1.54) is 6.08 Å². The molecule has 0 bridgehead atoms. The zero-order valence-electron chi connectivity index (χ0n) is 11.0. The summed E-state index contributed by atoms with van der Waals surface area (Å²) in [6.45, 7) is 0.252. The molecule has 0 unspecified atom stereocenters. The maximum Gasteiger partial charge on any atom is 0.244 e. The first-order chi connectivity index (χ1) is 9.74. The fraction of sp³-hybridized carbons (Fsp3) is 0.188. The predicted molar refractivity (Wildman–Crippen MR) is 82.5 cm³/mol. The Labute approximate surface area is 122 Å². The van der Waals surface area contributed by atoms with Crippen LogP contribution in [0.4, 0.5) is 0 Å². The van der Waals surface area contributed by atoms with Gasteiger partial charge in [-0.25, -0.2) is 0 Å². The molecule has 0 spiro atoms. The first-order valence-electron chi connectivity index (χ1n) is 6.44. The molecule has 0 fully saturated rings. The number of carbonyl (C=O) groups excluding carboxylic acids is 1. The van der Waals surface area contributed by atoms with Crippen LogP contribution in [0.3, 0.4) is 0 Å². The lowest BCUT2D eigenvalue weighted by Crippen LogP contribution is -2.32. The van der Waals surface area contributed by atoms with Gasteiger partial charge in [0.05, 0.1) is 6.10 Å². The standard InChI is InChI=1S/C16H17NO2S/c18-15(10-13-4-2-1-3-5-13)11-17-16(19)7-6-14-8-9-20-12-14/h1-9,12,15,18H,10-11H2,(H,17,19)/b7-6+/t15-/m0/s1. The Morgan fingerprint density at radius 2 is 2.10 bits per heavy atom. The molecule has 0 aliphatic carbocycles. The van der Waals surface area contributed by atoms with Crippen LogP contribution in [-0.4, -0.2) is 23.7 Å². The number of nitrogens with one attached hydrogen (secondary N) is 1. The molecule has 0 aliphatic heterocycles. The van der Waals surface area contributed by atoms with Gasteiger partial charge in [-0.2, -0.15) is 11.3 Å². The normalized spacial score (nSPS) is 12.4. The van der Waals surface area contributed by atoms with Gasteiger partial charge >= 0.3 is 0 Å². The summed E-state index contributed by atoms with van der Waals surface area (Å²) in [6.07, 6.45) is 3.21. The lowest BCUT2D eigenvalue weighted by Gasteiger charge is -2.10. The summed E-state index contributed by atoms with van der Waals surface area (Å²) in [6, 6.07) is 11.7. The molecule has 104 valence electrons. The number of hydrogen-bond donors (Lipinski definition) is 2. The highest BCUT2D eigenvalue weighted by molar-refractivity contribution is 7.08. The molecule has 1 atom stereocenters. The maximum atomic E-state index is 11.6. The molecule has 1 amide bonds. The van der Waals surface area contributed by atoms with Gasteiger partial charge in [0.1, 0.15) is 0 Å². The van der Waals surface area contributed by atoms with Crippen LogP contribution in [0.15, 0.2) is 53.2 Å². The monoisotopic (exact) mass is 287 g/mol. The lowest BCUT2D eigenvalue weighted by molar-refractivity contribution is -0.116. The molecule has 0 radical (unpaired) electrons. The summed E-state index contributed by atoms with van der Waals surface area (Å²) < 4.78 is 0. The molecule has 2 N–H and O–H groups in total. The average Bonchev–Trinajstić information content (AvgIpc) is 2.97. The van der Waals surface area contributed by atoms with Crippen molar-refractivity contribution in [2.24, 2.45) is 0 Å². The van der Waals surface area contributed by atoms with E-state index in [9.17, 15) is 9.90 Å². The van der Waals surface area contributed by atoms with E-state index in [0.717, 1.165) is 11.1 Å². The minimum atomic E-state index is -0.573. The topological polar surface area (TPSA) is 49.3 Å². The van der Waals surface area contributed by atoms with Crippen molar-refractivity contribution in [1.29, 1.82) is 0 Å². The number of hydrogen-bond acceptors (Lipinski definition) is 3. The molecule has 0 saturated heterocycles. The molecule has 0 saturated carbocycles. The average molecular weight is 287 g/mol. The Balaban J connectivity index is 1.73. The smallest absolute Gasteiger partial charge is 0.244 e. The maximum absolute atomic E-state index is 11.6. The SMILES string of the molecule is O=C(/C=C/c1ccsc1)NC[C@@H](O)Cc1ccccc1. The van der Waals surface area contributed by atoms with Crippen molar-refractivity contribution in [3.8, 4) is 0 Å². The molecule has 20 heavy (non-hydrogen) atoms. The number of aliphatic hydroxyl groups excluding tert-OH is 1.